The summed E-state index contributed by atoms with van der Waals surface area (Å²) in [4.78, 5) is 34.9. The lowest BCUT2D eigenvalue weighted by Gasteiger charge is -2.20. The average Bonchev–Trinajstić information content (AvgIpc) is 2.88. The first-order valence-corrected chi connectivity index (χ1v) is 13.0. The monoisotopic (exact) mass is 525 g/mol. The Morgan fingerprint density at radius 1 is 0.973 bits per heavy atom. The van der Waals surface area contributed by atoms with E-state index >= 15 is 0 Å². The molecule has 0 spiro atoms. The number of esters is 1. The lowest BCUT2D eigenvalue weighted by molar-refractivity contribution is -0.385. The number of nitro benzene ring substituents is 1. The summed E-state index contributed by atoms with van der Waals surface area (Å²) in [7, 11) is -4.12. The topological polar surface area (TPSA) is 145 Å². The van der Waals surface area contributed by atoms with Crippen molar-refractivity contribution in [2.45, 2.75) is 37.1 Å². The molecule has 3 rings (SSSR count). The van der Waals surface area contributed by atoms with Crippen LogP contribution in [0, 0.1) is 10.1 Å². The summed E-state index contributed by atoms with van der Waals surface area (Å²) in [5.41, 5.74) is 1.36. The van der Waals surface area contributed by atoms with Crippen LogP contribution in [0.5, 0.6) is 0 Å². The fraction of sp³-hybridized carbons (Fsp3) is 0.231. The predicted octanol–water partition coefficient (Wildman–Crippen LogP) is 3.99. The van der Waals surface area contributed by atoms with Gasteiger partial charge < -0.3 is 10.1 Å². The lowest BCUT2D eigenvalue weighted by Crippen LogP contribution is -2.40. The number of nitrogens with zero attached hydrogens (tertiary/aromatic N) is 1. The maximum absolute atomic E-state index is 12.9. The van der Waals surface area contributed by atoms with Crippen LogP contribution in [0.15, 0.2) is 83.8 Å². The number of rotatable bonds is 11. The molecule has 2 atom stereocenters. The van der Waals surface area contributed by atoms with E-state index in [0.717, 1.165) is 11.6 Å². The predicted molar refractivity (Wildman–Crippen MR) is 137 cm³/mol. The standard InChI is InChI=1S/C26H27N3O7S/c1-3-36-26(31)18(2)27-25(30)17-24(19-9-5-4-6-10-19)20-11-7-12-21(15-20)28-37(34,35)23-14-8-13-22(16-23)29(32)33/h4-16,18,24,28H,3,17H2,1-2H3,(H,27,30). The Hall–Kier alpha value is -4.25. The van der Waals surface area contributed by atoms with Crippen LogP contribution in [-0.4, -0.2) is 37.9 Å². The smallest absolute Gasteiger partial charge is 0.328 e. The van der Waals surface area contributed by atoms with Gasteiger partial charge in [0.15, 0.2) is 0 Å². The average molecular weight is 526 g/mol. The SMILES string of the molecule is CCOC(=O)C(C)NC(=O)CC(c1ccccc1)c1cccc(NS(=O)(=O)c2cccc([N+](=O)[O-])c2)c1. The Labute approximate surface area is 214 Å². The van der Waals surface area contributed by atoms with Gasteiger partial charge in [-0.25, -0.2) is 13.2 Å². The maximum atomic E-state index is 12.9. The molecule has 0 saturated carbocycles. The molecule has 37 heavy (non-hydrogen) atoms. The number of carbonyl (C=O) groups is 2. The zero-order valence-electron chi connectivity index (χ0n) is 20.3. The molecule has 0 fully saturated rings. The number of non-ortho nitro benzene ring substituents is 1. The van der Waals surface area contributed by atoms with E-state index in [1.807, 2.05) is 30.3 Å². The molecule has 2 N–H and O–H groups in total. The number of anilines is 1. The van der Waals surface area contributed by atoms with Gasteiger partial charge >= 0.3 is 5.97 Å². The minimum Gasteiger partial charge on any atom is -0.464 e. The van der Waals surface area contributed by atoms with Crippen LogP contribution in [0.3, 0.4) is 0 Å². The van der Waals surface area contributed by atoms with Gasteiger partial charge in [-0.2, -0.15) is 0 Å². The maximum Gasteiger partial charge on any atom is 0.328 e. The number of hydrogen-bond acceptors (Lipinski definition) is 7. The summed E-state index contributed by atoms with van der Waals surface area (Å²) in [6.07, 6.45) is -0.00512. The van der Waals surface area contributed by atoms with Crippen molar-refractivity contribution in [3.63, 3.8) is 0 Å². The van der Waals surface area contributed by atoms with Gasteiger partial charge in [-0.05, 0) is 43.2 Å². The Bertz CT molecular complexity index is 1380. The number of benzene rings is 3. The van der Waals surface area contributed by atoms with Crippen LogP contribution in [0.2, 0.25) is 0 Å². The Morgan fingerprint density at radius 3 is 2.32 bits per heavy atom. The molecule has 0 aliphatic heterocycles. The highest BCUT2D eigenvalue weighted by atomic mass is 32.2. The summed E-state index contributed by atoms with van der Waals surface area (Å²) >= 11 is 0. The van der Waals surface area contributed by atoms with E-state index in [1.54, 1.807) is 31.2 Å². The van der Waals surface area contributed by atoms with Crippen molar-refractivity contribution in [2.24, 2.45) is 0 Å². The normalized spacial score (nSPS) is 12.7. The second-order valence-corrected chi connectivity index (χ2v) is 9.88. The zero-order valence-corrected chi connectivity index (χ0v) is 21.1. The highest BCUT2D eigenvalue weighted by molar-refractivity contribution is 7.92. The minimum atomic E-state index is -4.12. The van der Waals surface area contributed by atoms with Crippen molar-refractivity contribution in [2.75, 3.05) is 11.3 Å². The molecule has 0 saturated heterocycles. The van der Waals surface area contributed by atoms with Crippen LogP contribution in [-0.2, 0) is 24.3 Å². The van der Waals surface area contributed by atoms with Gasteiger partial charge in [0.1, 0.15) is 6.04 Å². The zero-order chi connectivity index (χ0) is 27.0. The highest BCUT2D eigenvalue weighted by Gasteiger charge is 2.23. The quantitative estimate of drug-likeness (QED) is 0.219. The molecule has 11 heteroatoms. The number of carbonyl (C=O) groups excluding carboxylic acids is 2. The summed E-state index contributed by atoms with van der Waals surface area (Å²) in [6.45, 7) is 3.42. The van der Waals surface area contributed by atoms with Crippen LogP contribution in [0.4, 0.5) is 11.4 Å². The number of nitro groups is 1. The first kappa shape index (κ1) is 27.3. The van der Waals surface area contributed by atoms with E-state index in [2.05, 4.69) is 10.0 Å². The molecule has 0 radical (unpaired) electrons. The Morgan fingerprint density at radius 2 is 1.65 bits per heavy atom. The largest absolute Gasteiger partial charge is 0.464 e. The number of nitrogens with one attached hydrogen (secondary N) is 2. The first-order valence-electron chi connectivity index (χ1n) is 11.5. The first-order chi connectivity index (χ1) is 17.6. The van der Waals surface area contributed by atoms with Gasteiger partial charge in [0, 0.05) is 30.2 Å². The summed E-state index contributed by atoms with van der Waals surface area (Å²) in [5.74, 6) is -1.36. The molecular weight excluding hydrogens is 498 g/mol. The molecule has 0 aliphatic carbocycles. The number of hydrogen-bond donors (Lipinski definition) is 2. The summed E-state index contributed by atoms with van der Waals surface area (Å²) in [6, 6.07) is 19.7. The van der Waals surface area contributed by atoms with Crippen LogP contribution in [0.25, 0.3) is 0 Å². The summed E-state index contributed by atoms with van der Waals surface area (Å²) in [5, 5.41) is 13.7. The fourth-order valence-electron chi connectivity index (χ4n) is 3.72. The molecule has 2 unspecified atom stereocenters. The van der Waals surface area contributed by atoms with Gasteiger partial charge in [-0.3, -0.25) is 19.6 Å². The molecule has 0 heterocycles. The Kier molecular flexibility index (Phi) is 8.96. The molecule has 10 nitrogen and oxygen atoms in total. The number of ether oxygens (including phenoxy) is 1. The van der Waals surface area contributed by atoms with E-state index in [1.165, 1.54) is 25.1 Å². The van der Waals surface area contributed by atoms with Crippen molar-refractivity contribution in [1.29, 1.82) is 0 Å². The third kappa shape index (κ3) is 7.37. The van der Waals surface area contributed by atoms with E-state index < -0.39 is 32.9 Å². The third-order valence-corrected chi connectivity index (χ3v) is 6.87. The van der Waals surface area contributed by atoms with Crippen molar-refractivity contribution in [1.82, 2.24) is 5.32 Å². The van der Waals surface area contributed by atoms with Gasteiger partial charge in [-0.1, -0.05) is 48.5 Å². The second kappa shape index (κ2) is 12.1. The van der Waals surface area contributed by atoms with Gasteiger partial charge in [-0.15, -0.1) is 0 Å². The highest BCUT2D eigenvalue weighted by Crippen LogP contribution is 2.30. The van der Waals surface area contributed by atoms with Gasteiger partial charge in [0.05, 0.1) is 16.4 Å². The second-order valence-electron chi connectivity index (χ2n) is 8.19. The van der Waals surface area contributed by atoms with E-state index in [-0.39, 0.29) is 35.2 Å². The molecule has 3 aromatic carbocycles. The third-order valence-electron chi connectivity index (χ3n) is 5.49. The van der Waals surface area contributed by atoms with Gasteiger partial charge in [0.25, 0.3) is 15.7 Å². The van der Waals surface area contributed by atoms with Gasteiger partial charge in [0.2, 0.25) is 5.91 Å². The minimum absolute atomic E-state index is 0.00512. The molecule has 0 aromatic heterocycles. The van der Waals surface area contributed by atoms with Crippen molar-refractivity contribution in [3.05, 3.63) is 100 Å². The molecule has 194 valence electrons. The number of amides is 1. The lowest BCUT2D eigenvalue weighted by atomic mass is 9.88. The van der Waals surface area contributed by atoms with Crippen molar-refractivity contribution < 1.29 is 27.7 Å². The van der Waals surface area contributed by atoms with E-state index in [0.29, 0.717) is 5.56 Å². The van der Waals surface area contributed by atoms with Crippen molar-refractivity contribution >= 4 is 33.3 Å². The molecule has 0 aliphatic rings. The van der Waals surface area contributed by atoms with Crippen molar-refractivity contribution in [3.8, 4) is 0 Å². The van der Waals surface area contributed by atoms with Crippen LogP contribution >= 0.6 is 0 Å². The van der Waals surface area contributed by atoms with Crippen LogP contribution < -0.4 is 10.0 Å². The Balaban J connectivity index is 1.87. The molecular formula is C26H27N3O7S. The molecule has 3 aromatic rings. The molecule has 1 amide bonds. The summed E-state index contributed by atoms with van der Waals surface area (Å²) < 4.78 is 33.2. The number of sulfonamides is 1. The fourth-order valence-corrected chi connectivity index (χ4v) is 4.81. The van der Waals surface area contributed by atoms with E-state index in [9.17, 15) is 28.1 Å². The molecule has 0 bridgehead atoms. The van der Waals surface area contributed by atoms with E-state index in [4.69, 9.17) is 4.74 Å². The van der Waals surface area contributed by atoms with Crippen LogP contribution in [0.1, 0.15) is 37.3 Å².